The molecule has 0 unspecified atom stereocenters. The Bertz CT molecular complexity index is 1070. The number of rotatable bonds is 2. The van der Waals surface area contributed by atoms with Crippen molar-refractivity contribution in [3.63, 3.8) is 0 Å². The van der Waals surface area contributed by atoms with Gasteiger partial charge in [0, 0.05) is 22.9 Å². The van der Waals surface area contributed by atoms with Crippen LogP contribution in [0.5, 0.6) is 0 Å². The Balaban J connectivity index is 2.45. The van der Waals surface area contributed by atoms with Gasteiger partial charge in [0.05, 0.1) is 30.3 Å². The quantitative estimate of drug-likeness (QED) is 0.528. The van der Waals surface area contributed by atoms with Crippen LogP contribution in [0.25, 0.3) is 21.8 Å². The number of ether oxygens (including phenoxy) is 2. The van der Waals surface area contributed by atoms with Crippen molar-refractivity contribution in [2.24, 2.45) is 0 Å². The zero-order valence-corrected chi connectivity index (χ0v) is 13.8. The molecule has 0 fully saturated rings. The average Bonchev–Trinajstić information content (AvgIpc) is 2.61. The average molecular weight is 363 g/mol. The number of H-pyrrole nitrogens is 2. The molecule has 8 nitrogen and oxygen atoms in total. The molecule has 0 aliphatic carbocycles. The number of hydrogen-bond donors (Lipinski definition) is 2. The third kappa shape index (κ3) is 2.66. The van der Waals surface area contributed by atoms with Gasteiger partial charge in [0.1, 0.15) is 11.4 Å². The maximum absolute atomic E-state index is 12.3. The Labute approximate surface area is 144 Å². The van der Waals surface area contributed by atoms with E-state index in [9.17, 15) is 19.2 Å². The zero-order chi connectivity index (χ0) is 18.3. The predicted molar refractivity (Wildman–Crippen MR) is 90.4 cm³/mol. The van der Waals surface area contributed by atoms with E-state index in [-0.39, 0.29) is 38.2 Å². The maximum Gasteiger partial charge on any atom is 0.354 e. The Morgan fingerprint density at radius 1 is 0.840 bits per heavy atom. The number of fused-ring (bicyclic) bond motifs is 2. The largest absolute Gasteiger partial charge is 0.464 e. The van der Waals surface area contributed by atoms with Crippen molar-refractivity contribution in [2.45, 2.75) is 0 Å². The molecule has 0 aliphatic heterocycles. The second-order valence-electron chi connectivity index (χ2n) is 5.11. The number of benzene rings is 1. The highest BCUT2D eigenvalue weighted by Crippen LogP contribution is 2.27. The van der Waals surface area contributed by atoms with E-state index in [4.69, 9.17) is 11.6 Å². The second-order valence-corrected chi connectivity index (χ2v) is 5.49. The first-order valence-electron chi connectivity index (χ1n) is 6.96. The molecule has 0 amide bonds. The van der Waals surface area contributed by atoms with Crippen LogP contribution < -0.4 is 10.9 Å². The molecule has 0 aliphatic rings. The lowest BCUT2D eigenvalue weighted by Gasteiger charge is -2.09. The van der Waals surface area contributed by atoms with Gasteiger partial charge in [-0.3, -0.25) is 9.59 Å². The molecule has 128 valence electrons. The summed E-state index contributed by atoms with van der Waals surface area (Å²) in [5.74, 6) is -1.49. The van der Waals surface area contributed by atoms with Crippen molar-refractivity contribution in [3.05, 3.63) is 55.1 Å². The number of esters is 2. The third-order valence-corrected chi connectivity index (χ3v) is 4.06. The molecule has 2 aromatic heterocycles. The lowest BCUT2D eigenvalue weighted by atomic mass is 10.1. The zero-order valence-electron chi connectivity index (χ0n) is 13.1. The number of carbonyl (C=O) groups excluding carboxylic acids is 2. The van der Waals surface area contributed by atoms with Gasteiger partial charge in [-0.25, -0.2) is 9.59 Å². The summed E-state index contributed by atoms with van der Waals surface area (Å²) in [7, 11) is 2.35. The molecular weight excluding hydrogens is 352 g/mol. The van der Waals surface area contributed by atoms with E-state index in [2.05, 4.69) is 19.4 Å². The number of pyridine rings is 2. The van der Waals surface area contributed by atoms with Crippen LogP contribution in [0.15, 0.2) is 27.8 Å². The third-order valence-electron chi connectivity index (χ3n) is 3.68. The number of nitrogens with one attached hydrogen (secondary N) is 2. The smallest absolute Gasteiger partial charge is 0.354 e. The van der Waals surface area contributed by atoms with Crippen LogP contribution >= 0.6 is 11.6 Å². The van der Waals surface area contributed by atoms with Gasteiger partial charge < -0.3 is 19.4 Å². The van der Waals surface area contributed by atoms with E-state index in [1.54, 1.807) is 0 Å². The highest BCUT2D eigenvalue weighted by Gasteiger charge is 2.17. The minimum absolute atomic E-state index is 0.0155. The van der Waals surface area contributed by atoms with E-state index in [1.165, 1.54) is 20.3 Å². The molecule has 2 N–H and O–H groups in total. The number of hydrogen-bond acceptors (Lipinski definition) is 6. The molecule has 0 atom stereocenters. The topological polar surface area (TPSA) is 118 Å². The van der Waals surface area contributed by atoms with Crippen LogP contribution in [0, 0.1) is 0 Å². The first-order valence-corrected chi connectivity index (χ1v) is 7.34. The number of halogens is 1. The molecular formula is C16H11ClN2O6. The van der Waals surface area contributed by atoms with Crippen molar-refractivity contribution in [1.82, 2.24) is 9.97 Å². The van der Waals surface area contributed by atoms with E-state index >= 15 is 0 Å². The summed E-state index contributed by atoms with van der Waals surface area (Å²) in [6.45, 7) is 0. The van der Waals surface area contributed by atoms with Crippen molar-refractivity contribution in [1.29, 1.82) is 0 Å². The van der Waals surface area contributed by atoms with Gasteiger partial charge in [0.2, 0.25) is 0 Å². The van der Waals surface area contributed by atoms with Gasteiger partial charge in [-0.1, -0.05) is 11.6 Å². The van der Waals surface area contributed by atoms with E-state index < -0.39 is 22.8 Å². The van der Waals surface area contributed by atoms with Crippen molar-refractivity contribution in [2.75, 3.05) is 14.2 Å². The number of aromatic nitrogens is 2. The fraction of sp³-hybridized carbons (Fsp3) is 0.125. The van der Waals surface area contributed by atoms with Crippen molar-refractivity contribution >= 4 is 45.3 Å². The Hall–Kier alpha value is -3.13. The van der Waals surface area contributed by atoms with E-state index in [0.29, 0.717) is 0 Å². The molecule has 9 heteroatoms. The monoisotopic (exact) mass is 362 g/mol. The van der Waals surface area contributed by atoms with Gasteiger partial charge in [0.25, 0.3) is 0 Å². The SMILES string of the molecule is COC(=O)c1cc(=O)c2cc3c(=O)cc(C(=O)OC)[nH]c3c(Cl)c2[nH]1. The molecule has 3 rings (SSSR count). The predicted octanol–water partition coefficient (Wildman–Crippen LogP) is 1.60. The van der Waals surface area contributed by atoms with Crippen LogP contribution in [-0.2, 0) is 9.47 Å². The van der Waals surface area contributed by atoms with Gasteiger partial charge in [-0.05, 0) is 6.07 Å². The van der Waals surface area contributed by atoms with Gasteiger partial charge >= 0.3 is 11.9 Å². The van der Waals surface area contributed by atoms with Crippen molar-refractivity contribution < 1.29 is 19.1 Å². The van der Waals surface area contributed by atoms with Crippen LogP contribution in [0.3, 0.4) is 0 Å². The van der Waals surface area contributed by atoms with E-state index in [1.807, 2.05) is 0 Å². The van der Waals surface area contributed by atoms with E-state index in [0.717, 1.165) is 12.1 Å². The molecule has 2 heterocycles. The number of methoxy groups -OCH3 is 2. The lowest BCUT2D eigenvalue weighted by Crippen LogP contribution is -2.14. The molecule has 3 aromatic rings. The van der Waals surface area contributed by atoms with Crippen LogP contribution in [0.1, 0.15) is 21.0 Å². The highest BCUT2D eigenvalue weighted by atomic mass is 35.5. The minimum atomic E-state index is -0.744. The standard InChI is InChI=1S/C16H11ClN2O6/c1-24-15(22)8-4-10(20)6-3-7-11(21)5-9(16(23)25-2)19-14(7)12(17)13(6)18-8/h3-5H,1-2H3,(H,18,20)(H,19,21). The van der Waals surface area contributed by atoms with Gasteiger partial charge in [0.15, 0.2) is 10.9 Å². The summed E-state index contributed by atoms with van der Waals surface area (Å²) in [4.78, 5) is 53.3. The summed E-state index contributed by atoms with van der Waals surface area (Å²) >= 11 is 6.31. The fourth-order valence-corrected chi connectivity index (χ4v) is 2.78. The summed E-state index contributed by atoms with van der Waals surface area (Å²) in [6.07, 6.45) is 0. The van der Waals surface area contributed by atoms with Crippen LogP contribution in [-0.4, -0.2) is 36.1 Å². The molecule has 0 saturated heterocycles. The number of aromatic amines is 2. The molecule has 1 aromatic carbocycles. The number of carbonyl (C=O) groups is 2. The molecule has 0 radical (unpaired) electrons. The summed E-state index contributed by atoms with van der Waals surface area (Å²) < 4.78 is 9.16. The fourth-order valence-electron chi connectivity index (χ4n) is 2.48. The molecule has 25 heavy (non-hydrogen) atoms. The summed E-state index contributed by atoms with van der Waals surface area (Å²) in [5.41, 5.74) is -0.913. The first-order chi connectivity index (χ1) is 11.9. The first kappa shape index (κ1) is 16.7. The highest BCUT2D eigenvalue weighted by molar-refractivity contribution is 6.40. The molecule has 0 bridgehead atoms. The maximum atomic E-state index is 12.3. The minimum Gasteiger partial charge on any atom is -0.464 e. The summed E-state index contributed by atoms with van der Waals surface area (Å²) in [5, 5.41) is 0.237. The van der Waals surface area contributed by atoms with Crippen LogP contribution in [0.2, 0.25) is 5.02 Å². The van der Waals surface area contributed by atoms with Crippen molar-refractivity contribution in [3.8, 4) is 0 Å². The second kappa shape index (κ2) is 6.06. The summed E-state index contributed by atoms with van der Waals surface area (Å²) in [6, 6.07) is 3.47. The Kier molecular flexibility index (Phi) is 4.05. The van der Waals surface area contributed by atoms with Gasteiger partial charge in [-0.2, -0.15) is 0 Å². The Morgan fingerprint density at radius 3 is 1.60 bits per heavy atom. The van der Waals surface area contributed by atoms with Gasteiger partial charge in [-0.15, -0.1) is 0 Å². The molecule has 0 spiro atoms. The Morgan fingerprint density at radius 2 is 1.24 bits per heavy atom. The van der Waals surface area contributed by atoms with Crippen LogP contribution in [0.4, 0.5) is 0 Å². The molecule has 0 saturated carbocycles. The lowest BCUT2D eigenvalue weighted by molar-refractivity contribution is 0.0586. The normalized spacial score (nSPS) is 10.8.